The molecule has 7 heteroatoms. The summed E-state index contributed by atoms with van der Waals surface area (Å²) in [5.74, 6) is -0.893. The number of halogens is 1. The number of phenolic OH excluding ortho intramolecular Hbond substituents is 1. The summed E-state index contributed by atoms with van der Waals surface area (Å²) in [6.07, 6.45) is 2.58. The molecule has 1 atom stereocenters. The zero-order valence-corrected chi connectivity index (χ0v) is 19.9. The van der Waals surface area contributed by atoms with E-state index in [9.17, 15) is 14.7 Å². The first-order valence-corrected chi connectivity index (χ1v) is 11.1. The van der Waals surface area contributed by atoms with E-state index < -0.39 is 11.9 Å². The molecular formula is C24H28BrNO5. The predicted molar refractivity (Wildman–Crippen MR) is 122 cm³/mol. The fourth-order valence-corrected chi connectivity index (χ4v) is 4.74. The van der Waals surface area contributed by atoms with E-state index in [0.717, 1.165) is 5.70 Å². The summed E-state index contributed by atoms with van der Waals surface area (Å²) < 4.78 is 11.4. The third kappa shape index (κ3) is 4.56. The minimum absolute atomic E-state index is 0.00701. The van der Waals surface area contributed by atoms with Crippen LogP contribution in [0, 0.1) is 5.41 Å². The van der Waals surface area contributed by atoms with Gasteiger partial charge in [-0.05, 0) is 59.3 Å². The molecule has 3 rings (SSSR count). The third-order valence-corrected chi connectivity index (χ3v) is 6.08. The maximum Gasteiger partial charge on any atom is 0.337 e. The molecule has 0 bridgehead atoms. The Hall–Kier alpha value is -2.54. The lowest BCUT2D eigenvalue weighted by Crippen LogP contribution is -2.38. The van der Waals surface area contributed by atoms with Crippen LogP contribution in [0.3, 0.4) is 0 Å². The maximum absolute atomic E-state index is 13.3. The van der Waals surface area contributed by atoms with E-state index in [2.05, 4.69) is 41.7 Å². The number of phenols is 1. The van der Waals surface area contributed by atoms with E-state index in [4.69, 9.17) is 9.47 Å². The van der Waals surface area contributed by atoms with Crippen molar-refractivity contribution in [1.82, 2.24) is 5.32 Å². The van der Waals surface area contributed by atoms with Gasteiger partial charge in [0.25, 0.3) is 0 Å². The van der Waals surface area contributed by atoms with Crippen molar-refractivity contribution in [2.24, 2.45) is 5.41 Å². The Bertz CT molecular complexity index is 1010. The number of rotatable bonds is 6. The number of hydrogen-bond acceptors (Lipinski definition) is 6. The van der Waals surface area contributed by atoms with E-state index in [1.54, 1.807) is 12.1 Å². The van der Waals surface area contributed by atoms with Gasteiger partial charge in [-0.25, -0.2) is 4.79 Å². The standard InChI is InChI=1S/C24H28BrNO5/c1-6-8-31-23(29)19-13(3)26-16-11-24(4,5)12-17(27)21(16)20(19)14-9-15(25)22(28)18(10-14)30-7-2/h6,9-10,20,26,28H,1,7-8,11-12H2,2-5H3. The van der Waals surface area contributed by atoms with Gasteiger partial charge in [0.2, 0.25) is 0 Å². The molecule has 1 aliphatic carbocycles. The molecule has 0 spiro atoms. The van der Waals surface area contributed by atoms with Crippen LogP contribution in [0.1, 0.15) is 52.0 Å². The number of benzene rings is 1. The van der Waals surface area contributed by atoms with Gasteiger partial charge in [0.1, 0.15) is 6.61 Å². The molecule has 1 unspecified atom stereocenters. The average Bonchev–Trinajstić information content (AvgIpc) is 2.67. The first-order chi connectivity index (χ1) is 14.6. The quantitative estimate of drug-likeness (QED) is 0.437. The number of hydrogen-bond donors (Lipinski definition) is 2. The molecule has 6 nitrogen and oxygen atoms in total. The molecule has 0 saturated carbocycles. The molecule has 2 aliphatic rings. The number of dihydropyridines is 1. The second kappa shape index (κ2) is 8.91. The van der Waals surface area contributed by atoms with Crippen molar-refractivity contribution < 1.29 is 24.2 Å². The lowest BCUT2D eigenvalue weighted by Gasteiger charge is -2.39. The fraction of sp³-hybridized carbons (Fsp3) is 0.417. The largest absolute Gasteiger partial charge is 0.503 e. The molecule has 0 radical (unpaired) electrons. The molecule has 1 aromatic carbocycles. The number of aromatic hydroxyl groups is 1. The van der Waals surface area contributed by atoms with Crippen LogP contribution in [-0.4, -0.2) is 30.1 Å². The van der Waals surface area contributed by atoms with Crippen LogP contribution in [0.4, 0.5) is 0 Å². The molecule has 1 aliphatic heterocycles. The van der Waals surface area contributed by atoms with Gasteiger partial charge in [-0.1, -0.05) is 26.5 Å². The Labute approximate surface area is 191 Å². The van der Waals surface area contributed by atoms with Crippen LogP contribution in [0.25, 0.3) is 0 Å². The zero-order valence-electron chi connectivity index (χ0n) is 18.3. The van der Waals surface area contributed by atoms with Gasteiger partial charge in [-0.3, -0.25) is 4.79 Å². The number of carbonyl (C=O) groups is 2. The van der Waals surface area contributed by atoms with E-state index in [1.807, 2.05) is 13.8 Å². The van der Waals surface area contributed by atoms with Crippen molar-refractivity contribution in [2.75, 3.05) is 13.2 Å². The van der Waals surface area contributed by atoms with Gasteiger partial charge >= 0.3 is 5.97 Å². The van der Waals surface area contributed by atoms with Crippen LogP contribution in [-0.2, 0) is 14.3 Å². The van der Waals surface area contributed by atoms with Gasteiger partial charge in [-0.15, -0.1) is 0 Å². The predicted octanol–water partition coefficient (Wildman–Crippen LogP) is 4.89. The number of Topliss-reactive ketones (excluding diaryl/α,β-unsaturated/α-hetero) is 1. The van der Waals surface area contributed by atoms with Gasteiger partial charge < -0.3 is 19.9 Å². The lowest BCUT2D eigenvalue weighted by molar-refractivity contribution is -0.138. The van der Waals surface area contributed by atoms with Crippen LogP contribution in [0.2, 0.25) is 0 Å². The number of carbonyl (C=O) groups excluding carboxylic acids is 2. The summed E-state index contributed by atoms with van der Waals surface area (Å²) in [5, 5.41) is 13.7. The monoisotopic (exact) mass is 489 g/mol. The molecule has 0 aromatic heterocycles. The van der Waals surface area contributed by atoms with Gasteiger partial charge in [0.05, 0.1) is 16.7 Å². The highest BCUT2D eigenvalue weighted by molar-refractivity contribution is 9.10. The van der Waals surface area contributed by atoms with E-state index >= 15 is 0 Å². The van der Waals surface area contributed by atoms with Gasteiger partial charge in [0, 0.05) is 29.3 Å². The van der Waals surface area contributed by atoms with Crippen LogP contribution < -0.4 is 10.1 Å². The summed E-state index contributed by atoms with van der Waals surface area (Å²) in [7, 11) is 0. The topological polar surface area (TPSA) is 84.9 Å². The van der Waals surface area contributed by atoms with Crippen molar-refractivity contribution in [3.8, 4) is 11.5 Å². The molecule has 166 valence electrons. The van der Waals surface area contributed by atoms with E-state index in [1.165, 1.54) is 6.08 Å². The summed E-state index contributed by atoms with van der Waals surface area (Å²) in [6.45, 7) is 11.8. The highest BCUT2D eigenvalue weighted by Crippen LogP contribution is 2.49. The smallest absolute Gasteiger partial charge is 0.337 e. The summed E-state index contributed by atoms with van der Waals surface area (Å²) in [6, 6.07) is 3.41. The highest BCUT2D eigenvalue weighted by atomic mass is 79.9. The van der Waals surface area contributed by atoms with Crippen molar-refractivity contribution in [1.29, 1.82) is 0 Å². The summed E-state index contributed by atoms with van der Waals surface area (Å²) >= 11 is 3.38. The highest BCUT2D eigenvalue weighted by Gasteiger charge is 2.43. The second-order valence-corrected chi connectivity index (χ2v) is 9.45. The Balaban J connectivity index is 2.22. The molecule has 1 heterocycles. The van der Waals surface area contributed by atoms with Gasteiger partial charge in [0.15, 0.2) is 17.3 Å². The van der Waals surface area contributed by atoms with Crippen molar-refractivity contribution in [3.05, 3.63) is 57.4 Å². The Morgan fingerprint density at radius 2 is 2.10 bits per heavy atom. The van der Waals surface area contributed by atoms with Crippen LogP contribution in [0.15, 0.2) is 51.8 Å². The molecular weight excluding hydrogens is 462 g/mol. The van der Waals surface area contributed by atoms with Crippen molar-refractivity contribution >= 4 is 27.7 Å². The Morgan fingerprint density at radius 1 is 1.39 bits per heavy atom. The summed E-state index contributed by atoms with van der Waals surface area (Å²) in [4.78, 5) is 26.3. The van der Waals surface area contributed by atoms with Crippen molar-refractivity contribution in [3.63, 3.8) is 0 Å². The number of nitrogens with one attached hydrogen (secondary N) is 1. The number of ketones is 1. The van der Waals surface area contributed by atoms with E-state index in [-0.39, 0.29) is 29.3 Å². The zero-order chi connectivity index (χ0) is 22.9. The Kier molecular flexibility index (Phi) is 6.65. The molecule has 1 aromatic rings. The number of allylic oxidation sites excluding steroid dienone is 3. The van der Waals surface area contributed by atoms with Crippen molar-refractivity contribution in [2.45, 2.75) is 46.5 Å². The van der Waals surface area contributed by atoms with E-state index in [0.29, 0.717) is 46.3 Å². The number of ether oxygens (including phenoxy) is 2. The summed E-state index contributed by atoms with van der Waals surface area (Å²) in [5.41, 5.74) is 2.89. The molecule has 2 N–H and O–H groups in total. The van der Waals surface area contributed by atoms with Crippen LogP contribution >= 0.6 is 15.9 Å². The Morgan fingerprint density at radius 3 is 2.74 bits per heavy atom. The maximum atomic E-state index is 13.3. The normalized spacial score (nSPS) is 20.2. The average molecular weight is 490 g/mol. The molecule has 0 fully saturated rings. The van der Waals surface area contributed by atoms with Gasteiger partial charge in [-0.2, -0.15) is 0 Å². The third-order valence-electron chi connectivity index (χ3n) is 5.48. The molecule has 0 saturated heterocycles. The first-order valence-electron chi connectivity index (χ1n) is 10.3. The lowest BCUT2D eigenvalue weighted by atomic mass is 9.68. The molecule has 0 amide bonds. The van der Waals surface area contributed by atoms with Crippen LogP contribution in [0.5, 0.6) is 11.5 Å². The fourth-order valence-electron chi connectivity index (χ4n) is 4.28. The minimum Gasteiger partial charge on any atom is -0.503 e. The first kappa shape index (κ1) is 23.1. The molecule has 31 heavy (non-hydrogen) atoms. The minimum atomic E-state index is -0.631. The SMILES string of the molecule is C=CCOC(=O)C1=C(C)NC2=C(C(=O)CC(C)(C)C2)C1c1cc(Br)c(O)c(OCC)c1. The second-order valence-electron chi connectivity index (χ2n) is 8.60. The number of esters is 1.